The molecule has 2 aliphatic heterocycles. The number of carbonyl (C=O) groups excluding carboxylic acids is 5. The van der Waals surface area contributed by atoms with Crippen LogP contribution in [0.4, 0.5) is 0 Å². The number of amides is 4. The number of aliphatic hydroxyl groups is 1. The molecule has 184 valence electrons. The highest BCUT2D eigenvalue weighted by Gasteiger charge is 2.67. The fourth-order valence-electron chi connectivity index (χ4n) is 3.39. The lowest BCUT2D eigenvalue weighted by Gasteiger charge is -2.41. The third-order valence-corrected chi connectivity index (χ3v) is 6.93. The van der Waals surface area contributed by atoms with E-state index in [1.807, 2.05) is 0 Å². The van der Waals surface area contributed by atoms with Gasteiger partial charge in [-0.2, -0.15) is 16.8 Å². The summed E-state index contributed by atoms with van der Waals surface area (Å²) in [6.45, 7) is -1.51. The molecule has 2 fully saturated rings. The van der Waals surface area contributed by atoms with Gasteiger partial charge in [0.15, 0.2) is 10.5 Å². The van der Waals surface area contributed by atoms with Gasteiger partial charge in [0.25, 0.3) is 32.1 Å². The third-order valence-electron chi connectivity index (χ3n) is 4.76. The monoisotopic (exact) mass is 516 g/mol. The molecule has 0 aromatic rings. The van der Waals surface area contributed by atoms with E-state index in [9.17, 15) is 59.8 Å². The molecule has 2 unspecified atom stereocenters. The molecule has 4 N–H and O–H groups in total. The maximum Gasteiger partial charge on any atom is 0.352 e. The van der Waals surface area contributed by atoms with Crippen LogP contribution in [-0.2, 0) is 53.7 Å². The van der Waals surface area contributed by atoms with Crippen molar-refractivity contribution in [3.05, 3.63) is 0 Å². The molecule has 33 heavy (non-hydrogen) atoms. The highest BCUT2D eigenvalue weighted by atomic mass is 32.2. The van der Waals surface area contributed by atoms with E-state index in [-0.39, 0.29) is 0 Å². The smallest absolute Gasteiger partial charge is 0.352 e. The van der Waals surface area contributed by atoms with Crippen molar-refractivity contribution in [3.63, 3.8) is 0 Å². The Morgan fingerprint density at radius 2 is 1.30 bits per heavy atom. The van der Waals surface area contributed by atoms with E-state index in [0.29, 0.717) is 0 Å². The summed E-state index contributed by atoms with van der Waals surface area (Å²) in [5, 5.41) is 13.5. The van der Waals surface area contributed by atoms with Crippen molar-refractivity contribution in [2.75, 3.05) is 13.2 Å². The first-order chi connectivity index (χ1) is 15.0. The summed E-state index contributed by atoms with van der Waals surface area (Å²) in [5.74, 6) is -11.2. The zero-order valence-electron chi connectivity index (χ0n) is 16.2. The summed E-state index contributed by atoms with van der Waals surface area (Å²) in [6, 6.07) is 0. The van der Waals surface area contributed by atoms with Crippen molar-refractivity contribution in [1.29, 1.82) is 0 Å². The first kappa shape index (κ1) is 26.3. The van der Waals surface area contributed by atoms with E-state index in [4.69, 9.17) is 5.11 Å². The van der Waals surface area contributed by atoms with Crippen LogP contribution in [0.2, 0.25) is 0 Å². The molecule has 2 heterocycles. The number of hydrogen-bond donors (Lipinski definition) is 4. The van der Waals surface area contributed by atoms with E-state index in [1.54, 1.807) is 0 Å². The Labute approximate surface area is 184 Å². The molecule has 0 aliphatic carbocycles. The van der Waals surface area contributed by atoms with Gasteiger partial charge in [-0.15, -0.1) is 0 Å². The molecule has 0 aromatic carbocycles. The number of nitrogens with zero attached hydrogens (tertiary/aromatic N) is 2. The highest BCUT2D eigenvalue weighted by Crippen LogP contribution is 2.37. The van der Waals surface area contributed by atoms with E-state index >= 15 is 0 Å². The first-order valence-corrected chi connectivity index (χ1v) is 11.7. The van der Waals surface area contributed by atoms with Crippen molar-refractivity contribution >= 4 is 55.8 Å². The molecular weight excluding hydrogens is 500 g/mol. The maximum atomic E-state index is 12.7. The van der Waals surface area contributed by atoms with E-state index in [2.05, 4.69) is 4.74 Å². The van der Waals surface area contributed by atoms with Crippen molar-refractivity contribution in [1.82, 2.24) is 9.80 Å². The molecule has 2 rings (SSSR count). The predicted octanol–water partition coefficient (Wildman–Crippen LogP) is -4.28. The van der Waals surface area contributed by atoms with Crippen LogP contribution in [0.5, 0.6) is 0 Å². The Kier molecular flexibility index (Phi) is 6.95. The van der Waals surface area contributed by atoms with Crippen LogP contribution in [0.3, 0.4) is 0 Å². The van der Waals surface area contributed by atoms with Crippen LogP contribution in [0.15, 0.2) is 0 Å². The molecule has 0 spiro atoms. The van der Waals surface area contributed by atoms with Crippen molar-refractivity contribution in [2.45, 2.75) is 35.4 Å². The molecule has 0 saturated carbocycles. The second-order valence-corrected chi connectivity index (χ2v) is 9.99. The lowest BCUT2D eigenvalue weighted by molar-refractivity contribution is -0.186. The van der Waals surface area contributed by atoms with Crippen LogP contribution in [0.25, 0.3) is 0 Å². The SMILES string of the molecule is O=C(CC(C(=O)O)(N1C(=O)CC(S(=O)(=O)O)C1=O)N1C(=O)CC(S(=O)(=O)O)C1=O)OCCO. The fourth-order valence-corrected chi connectivity index (χ4v) is 4.81. The van der Waals surface area contributed by atoms with Gasteiger partial charge in [-0.1, -0.05) is 0 Å². The van der Waals surface area contributed by atoms with Gasteiger partial charge in [0.1, 0.15) is 6.61 Å². The van der Waals surface area contributed by atoms with E-state index < -0.39 is 114 Å². The van der Waals surface area contributed by atoms with Crippen molar-refractivity contribution in [2.24, 2.45) is 0 Å². The Hall–Kier alpha value is -3.00. The number of aliphatic hydroxyl groups excluding tert-OH is 1. The molecular formula is C14H16N2O15S2. The maximum absolute atomic E-state index is 12.7. The van der Waals surface area contributed by atoms with E-state index in [1.165, 1.54) is 0 Å². The number of hydrogen-bond acceptors (Lipinski definition) is 12. The number of ether oxygens (including phenoxy) is 1. The van der Waals surface area contributed by atoms with Crippen LogP contribution >= 0.6 is 0 Å². The number of rotatable bonds is 9. The molecule has 0 radical (unpaired) electrons. The average molecular weight is 516 g/mol. The second-order valence-electron chi connectivity index (χ2n) is 6.79. The Bertz CT molecular complexity index is 1070. The molecule has 2 aliphatic rings. The van der Waals surface area contributed by atoms with E-state index in [0.717, 1.165) is 0 Å². The van der Waals surface area contributed by atoms with Crippen LogP contribution in [0, 0.1) is 0 Å². The van der Waals surface area contributed by atoms with Gasteiger partial charge in [-0.3, -0.25) is 33.1 Å². The number of imide groups is 2. The number of esters is 1. The summed E-state index contributed by atoms with van der Waals surface area (Å²) >= 11 is 0. The quantitative estimate of drug-likeness (QED) is 0.128. The summed E-state index contributed by atoms with van der Waals surface area (Å²) in [5.41, 5.74) is -3.66. The molecule has 2 atom stereocenters. The summed E-state index contributed by atoms with van der Waals surface area (Å²) in [4.78, 5) is 73.9. The minimum absolute atomic E-state index is 0.434. The normalized spacial score (nSPS) is 23.7. The first-order valence-electron chi connectivity index (χ1n) is 8.66. The Morgan fingerprint density at radius 3 is 1.58 bits per heavy atom. The average Bonchev–Trinajstić information content (AvgIpc) is 3.13. The van der Waals surface area contributed by atoms with Gasteiger partial charge < -0.3 is 14.9 Å². The summed E-state index contributed by atoms with van der Waals surface area (Å²) in [7, 11) is -10.6. The highest BCUT2D eigenvalue weighted by molar-refractivity contribution is 7.87. The molecule has 17 nitrogen and oxygen atoms in total. The number of likely N-dealkylation sites (tertiary alicyclic amines) is 2. The predicted molar refractivity (Wildman–Crippen MR) is 96.6 cm³/mol. The van der Waals surface area contributed by atoms with Crippen molar-refractivity contribution in [3.8, 4) is 0 Å². The molecule has 4 amide bonds. The van der Waals surface area contributed by atoms with Gasteiger partial charge in [-0.05, 0) is 0 Å². The van der Waals surface area contributed by atoms with Crippen LogP contribution in [0.1, 0.15) is 19.3 Å². The van der Waals surface area contributed by atoms with Crippen LogP contribution in [-0.4, -0.2) is 111 Å². The lowest BCUT2D eigenvalue weighted by atomic mass is 10.0. The number of carboxylic acids is 1. The topological polar surface area (TPSA) is 267 Å². The van der Waals surface area contributed by atoms with Crippen molar-refractivity contribution < 1.29 is 69.7 Å². The zero-order chi connectivity index (χ0) is 25.5. The largest absolute Gasteiger partial charge is 0.478 e. The Morgan fingerprint density at radius 1 is 0.909 bits per heavy atom. The van der Waals surface area contributed by atoms with Gasteiger partial charge in [0.2, 0.25) is 17.5 Å². The standard InChI is InChI=1S/C14H16N2O15S2/c17-1-2-31-10(20)5-14(13(23)24,15-8(18)3-6(11(15)21)32(25,26)27)16-9(19)4-7(12(16)22)33(28,29)30/h6-7,17H,1-5H2,(H,23,24)(H,25,26,27)(H,28,29,30). The molecule has 2 saturated heterocycles. The number of aliphatic carboxylic acids is 1. The number of carboxylic acid groups (broad SMARTS) is 1. The zero-order valence-corrected chi connectivity index (χ0v) is 17.8. The minimum atomic E-state index is -5.31. The summed E-state index contributed by atoms with van der Waals surface area (Å²) in [6.07, 6.45) is -4.37. The lowest BCUT2D eigenvalue weighted by Crippen LogP contribution is -2.70. The second kappa shape index (κ2) is 8.74. The molecule has 19 heteroatoms. The Balaban J connectivity index is 2.76. The van der Waals surface area contributed by atoms with Crippen LogP contribution < -0.4 is 0 Å². The van der Waals surface area contributed by atoms with Gasteiger partial charge >= 0.3 is 11.9 Å². The minimum Gasteiger partial charge on any atom is -0.478 e. The molecule has 0 bridgehead atoms. The molecule has 0 aromatic heterocycles. The van der Waals surface area contributed by atoms with Gasteiger partial charge in [-0.25, -0.2) is 14.6 Å². The fraction of sp³-hybridized carbons (Fsp3) is 0.571. The summed E-state index contributed by atoms with van der Waals surface area (Å²) < 4.78 is 68.7. The van der Waals surface area contributed by atoms with Gasteiger partial charge in [0.05, 0.1) is 25.9 Å². The number of carbonyl (C=O) groups is 6. The third kappa shape index (κ3) is 4.57. The van der Waals surface area contributed by atoms with Gasteiger partial charge in [0, 0.05) is 0 Å².